The van der Waals surface area contributed by atoms with Gasteiger partial charge in [0.15, 0.2) is 24.8 Å². The van der Waals surface area contributed by atoms with E-state index in [0.717, 1.165) is 5.56 Å². The normalized spacial score (nSPS) is 22.2. The van der Waals surface area contributed by atoms with E-state index in [1.165, 1.54) is 6.07 Å². The van der Waals surface area contributed by atoms with Crippen LogP contribution >= 0.6 is 23.2 Å². The molecule has 0 saturated heterocycles. The number of ketones is 1. The quantitative estimate of drug-likeness (QED) is 0.835. The van der Waals surface area contributed by atoms with E-state index in [1.807, 2.05) is 0 Å². The molecular formula is C17H12Cl2O5. The summed E-state index contributed by atoms with van der Waals surface area (Å²) in [4.78, 5) is 12.5. The van der Waals surface area contributed by atoms with Crippen LogP contribution in [-0.4, -0.2) is 23.8 Å². The highest BCUT2D eigenvalue weighted by molar-refractivity contribution is 6.31. The number of aliphatic hydroxyl groups excluding tert-OH is 1. The molecule has 4 rings (SSSR count). The largest absolute Gasteiger partial charge is 0.482 e. The summed E-state index contributed by atoms with van der Waals surface area (Å²) in [7, 11) is 0. The van der Waals surface area contributed by atoms with Crippen molar-refractivity contribution in [2.45, 2.75) is 18.8 Å². The molecule has 2 unspecified atom stereocenters. The minimum Gasteiger partial charge on any atom is -0.482 e. The van der Waals surface area contributed by atoms with Crippen LogP contribution in [0.4, 0.5) is 0 Å². The van der Waals surface area contributed by atoms with E-state index in [0.29, 0.717) is 33.7 Å². The van der Waals surface area contributed by atoms with E-state index in [4.69, 9.17) is 37.4 Å². The molecule has 0 aliphatic carbocycles. The molecule has 2 heterocycles. The molecule has 0 amide bonds. The molecule has 124 valence electrons. The van der Waals surface area contributed by atoms with Crippen molar-refractivity contribution in [3.05, 3.63) is 57.1 Å². The van der Waals surface area contributed by atoms with Crippen LogP contribution in [0.2, 0.25) is 10.0 Å². The minimum absolute atomic E-state index is 0.0879. The third-order valence-electron chi connectivity index (χ3n) is 4.03. The third kappa shape index (κ3) is 2.54. The Labute approximate surface area is 147 Å². The second-order valence-corrected chi connectivity index (χ2v) is 6.45. The van der Waals surface area contributed by atoms with Gasteiger partial charge in [-0.1, -0.05) is 23.2 Å². The number of rotatable bonds is 1. The first-order valence-corrected chi connectivity index (χ1v) is 8.01. The Balaban J connectivity index is 1.82. The number of benzene rings is 2. The maximum Gasteiger partial charge on any atom is 0.199 e. The zero-order chi connectivity index (χ0) is 16.8. The number of Topliss-reactive ketones (excluding diaryl/α,β-unsaturated/α-hetero) is 1. The lowest BCUT2D eigenvalue weighted by Gasteiger charge is -2.32. The highest BCUT2D eigenvalue weighted by Crippen LogP contribution is 2.42. The molecule has 0 fully saturated rings. The van der Waals surface area contributed by atoms with E-state index < -0.39 is 18.0 Å². The smallest absolute Gasteiger partial charge is 0.199 e. The predicted octanol–water partition coefficient (Wildman–Crippen LogP) is 3.54. The van der Waals surface area contributed by atoms with Crippen LogP contribution in [0.3, 0.4) is 0 Å². The summed E-state index contributed by atoms with van der Waals surface area (Å²) in [5, 5.41) is 11.3. The number of carbonyl (C=O) groups excluding carboxylic acids is 1. The SMILES string of the molecule is O=C1c2cc(Cl)ccc2OC(c2cc(Cl)cc3c2OCOC3)C1O. The number of hydrogen-bond donors (Lipinski definition) is 1. The van der Waals surface area contributed by atoms with Crippen molar-refractivity contribution in [3.63, 3.8) is 0 Å². The number of carbonyl (C=O) groups is 1. The van der Waals surface area contributed by atoms with E-state index in [9.17, 15) is 9.90 Å². The highest BCUT2D eigenvalue weighted by atomic mass is 35.5. The van der Waals surface area contributed by atoms with Gasteiger partial charge in [-0.15, -0.1) is 0 Å². The van der Waals surface area contributed by atoms with Crippen LogP contribution in [0.15, 0.2) is 30.3 Å². The Kier molecular flexibility index (Phi) is 3.89. The van der Waals surface area contributed by atoms with Gasteiger partial charge >= 0.3 is 0 Å². The highest BCUT2D eigenvalue weighted by Gasteiger charge is 2.39. The Morgan fingerprint density at radius 3 is 2.79 bits per heavy atom. The lowest BCUT2D eigenvalue weighted by molar-refractivity contribution is -0.0213. The zero-order valence-electron chi connectivity index (χ0n) is 12.3. The summed E-state index contributed by atoms with van der Waals surface area (Å²) >= 11 is 12.1. The Morgan fingerprint density at radius 2 is 1.96 bits per heavy atom. The predicted molar refractivity (Wildman–Crippen MR) is 86.9 cm³/mol. The van der Waals surface area contributed by atoms with Crippen LogP contribution < -0.4 is 9.47 Å². The van der Waals surface area contributed by atoms with E-state index in [2.05, 4.69) is 0 Å². The summed E-state index contributed by atoms with van der Waals surface area (Å²) in [6, 6.07) is 8.07. The summed E-state index contributed by atoms with van der Waals surface area (Å²) in [5.74, 6) is 0.435. The molecule has 24 heavy (non-hydrogen) atoms. The van der Waals surface area contributed by atoms with Crippen molar-refractivity contribution in [2.24, 2.45) is 0 Å². The van der Waals surface area contributed by atoms with Gasteiger partial charge in [0.05, 0.1) is 12.2 Å². The molecule has 2 atom stereocenters. The van der Waals surface area contributed by atoms with Gasteiger partial charge in [0.25, 0.3) is 0 Å². The first-order chi connectivity index (χ1) is 11.5. The monoisotopic (exact) mass is 366 g/mol. The number of fused-ring (bicyclic) bond motifs is 2. The minimum atomic E-state index is -1.38. The first kappa shape index (κ1) is 15.7. The number of hydrogen-bond acceptors (Lipinski definition) is 5. The second-order valence-electron chi connectivity index (χ2n) is 5.58. The molecule has 0 radical (unpaired) electrons. The number of aliphatic hydroxyl groups is 1. The first-order valence-electron chi connectivity index (χ1n) is 7.26. The van der Waals surface area contributed by atoms with Crippen LogP contribution in [0.5, 0.6) is 11.5 Å². The van der Waals surface area contributed by atoms with Crippen LogP contribution in [-0.2, 0) is 11.3 Å². The van der Waals surface area contributed by atoms with Crippen molar-refractivity contribution < 1.29 is 24.1 Å². The molecule has 2 aliphatic rings. The van der Waals surface area contributed by atoms with Gasteiger partial charge in [-0.25, -0.2) is 0 Å². The van der Waals surface area contributed by atoms with Crippen LogP contribution in [0, 0.1) is 0 Å². The summed E-state index contributed by atoms with van der Waals surface area (Å²) in [6.07, 6.45) is -2.30. The molecule has 0 aromatic heterocycles. The standard InChI is InChI=1S/C17H12Cl2O5/c18-9-1-2-13-11(4-9)14(20)15(21)17(24-13)12-5-10(19)3-8-6-22-7-23-16(8)12/h1-5,15,17,21H,6-7H2. The van der Waals surface area contributed by atoms with Gasteiger partial charge < -0.3 is 19.3 Å². The van der Waals surface area contributed by atoms with E-state index in [1.54, 1.807) is 24.3 Å². The zero-order valence-corrected chi connectivity index (χ0v) is 13.8. The summed E-state index contributed by atoms with van der Waals surface area (Å²) < 4.78 is 16.7. The second kappa shape index (κ2) is 5.93. The van der Waals surface area contributed by atoms with Crippen molar-refractivity contribution in [2.75, 3.05) is 6.79 Å². The lowest BCUT2D eigenvalue weighted by atomic mass is 9.92. The van der Waals surface area contributed by atoms with Gasteiger partial charge in [0, 0.05) is 21.2 Å². The van der Waals surface area contributed by atoms with Crippen LogP contribution in [0.25, 0.3) is 0 Å². The van der Waals surface area contributed by atoms with Crippen molar-refractivity contribution in [3.8, 4) is 11.5 Å². The molecule has 0 bridgehead atoms. The Bertz CT molecular complexity index is 836. The van der Waals surface area contributed by atoms with Crippen molar-refractivity contribution in [1.82, 2.24) is 0 Å². The Morgan fingerprint density at radius 1 is 1.12 bits per heavy atom. The number of ether oxygens (including phenoxy) is 3. The van der Waals surface area contributed by atoms with Crippen molar-refractivity contribution >= 4 is 29.0 Å². The molecule has 2 aliphatic heterocycles. The van der Waals surface area contributed by atoms with Gasteiger partial charge in [-0.2, -0.15) is 0 Å². The molecule has 2 aromatic carbocycles. The topological polar surface area (TPSA) is 65.0 Å². The molecular weight excluding hydrogens is 355 g/mol. The van der Waals surface area contributed by atoms with Gasteiger partial charge in [0.1, 0.15) is 11.5 Å². The average Bonchev–Trinajstić information content (AvgIpc) is 2.58. The van der Waals surface area contributed by atoms with Gasteiger partial charge in [-0.05, 0) is 30.3 Å². The molecule has 1 N–H and O–H groups in total. The molecule has 0 spiro atoms. The average molecular weight is 367 g/mol. The van der Waals surface area contributed by atoms with Gasteiger partial charge in [0.2, 0.25) is 0 Å². The number of halogens is 2. The van der Waals surface area contributed by atoms with Crippen LogP contribution in [0.1, 0.15) is 27.6 Å². The third-order valence-corrected chi connectivity index (χ3v) is 4.48. The maximum atomic E-state index is 12.5. The molecule has 5 nitrogen and oxygen atoms in total. The fraction of sp³-hybridized carbons (Fsp3) is 0.235. The lowest BCUT2D eigenvalue weighted by Crippen LogP contribution is -2.36. The van der Waals surface area contributed by atoms with Gasteiger partial charge in [-0.3, -0.25) is 4.79 Å². The Hall–Kier alpha value is -1.79. The fourth-order valence-corrected chi connectivity index (χ4v) is 3.37. The maximum absolute atomic E-state index is 12.5. The summed E-state index contributed by atoms with van der Waals surface area (Å²) in [5.41, 5.74) is 1.52. The van der Waals surface area contributed by atoms with E-state index >= 15 is 0 Å². The van der Waals surface area contributed by atoms with Crippen molar-refractivity contribution in [1.29, 1.82) is 0 Å². The molecule has 7 heteroatoms. The fourth-order valence-electron chi connectivity index (χ4n) is 2.95. The summed E-state index contributed by atoms with van der Waals surface area (Å²) in [6.45, 7) is 0.427. The van der Waals surface area contributed by atoms with E-state index in [-0.39, 0.29) is 12.4 Å². The molecule has 2 aromatic rings. The molecule has 0 saturated carbocycles.